The smallest absolute Gasteiger partial charge is 0.511 e. The first-order valence-corrected chi connectivity index (χ1v) is 1.95. The van der Waals surface area contributed by atoms with E-state index >= 15 is 0 Å². The second-order valence-electron chi connectivity index (χ2n) is 0.283. The van der Waals surface area contributed by atoms with Crippen molar-refractivity contribution in [1.29, 1.82) is 0 Å². The van der Waals surface area contributed by atoms with E-state index in [1.165, 1.54) is 0 Å². The van der Waals surface area contributed by atoms with E-state index in [4.69, 9.17) is 14.1 Å². The van der Waals surface area contributed by atoms with Crippen molar-refractivity contribution in [2.24, 2.45) is 0 Å². The molecule has 0 aliphatic carbocycles. The maximum atomic E-state index is 8.74. The molecule has 24 valence electrons. The minimum absolute atomic E-state index is 0. The van der Waals surface area contributed by atoms with E-state index in [0.717, 1.165) is 0 Å². The third-order valence-electron chi connectivity index (χ3n) is 0. The molecule has 0 saturated heterocycles. The highest BCUT2D eigenvalue weighted by Gasteiger charge is 1.85. The Kier molecular flexibility index (Phi) is 0.903. The molecule has 0 rings (SSSR count). The summed E-state index contributed by atoms with van der Waals surface area (Å²) in [7, 11) is -3.13. The molecule has 0 aliphatic rings. The first-order chi connectivity index (χ1) is 1.73. The van der Waals surface area contributed by atoms with Gasteiger partial charge in [-0.1, -0.05) is 0 Å². The van der Waals surface area contributed by atoms with Crippen molar-refractivity contribution < 1.29 is 15.5 Å². The maximum absolute atomic E-state index is 8.74. The van der Waals surface area contributed by atoms with E-state index in [1.807, 2.05) is 0 Å². The van der Waals surface area contributed by atoms with Crippen LogP contribution >= 0.6 is 0 Å². The largest absolute Gasteiger partial charge is 1.00 e. The van der Waals surface area contributed by atoms with Gasteiger partial charge >= 0.3 is 10.6 Å². The molecule has 0 heterocycles. The fraction of sp³-hybridized carbons (Fsp3) is 0. The van der Waals surface area contributed by atoms with Gasteiger partial charge < -0.3 is 9.59 Å². The van der Waals surface area contributed by atoms with Crippen molar-refractivity contribution in [3.63, 3.8) is 0 Å². The predicted molar refractivity (Wildman–Crippen MR) is 12.0 cm³/mol. The molecule has 0 saturated carbocycles. The van der Waals surface area contributed by atoms with Crippen LogP contribution in [0.2, 0.25) is 0 Å². The average Bonchev–Trinajstić information content (AvgIpc) is 0.811. The molecule has 0 radical (unpaired) electrons. The van der Waals surface area contributed by atoms with Gasteiger partial charge in [-0.3, -0.25) is 4.46 Å². The molecular formula is H3O3Si+. The lowest BCUT2D eigenvalue weighted by molar-refractivity contribution is 0.330. The number of hydrogen-bond acceptors (Lipinski definition) is 1. The van der Waals surface area contributed by atoms with Gasteiger partial charge in [-0.2, -0.15) is 0 Å². The van der Waals surface area contributed by atoms with Crippen molar-refractivity contribution in [2.75, 3.05) is 0 Å². The minimum atomic E-state index is -3.13. The predicted octanol–water partition coefficient (Wildman–Crippen LogP) is -1.50. The zero-order valence-corrected chi connectivity index (χ0v) is 2.80. The molecule has 4 heavy (non-hydrogen) atoms. The summed E-state index contributed by atoms with van der Waals surface area (Å²) >= 11 is 0. The summed E-state index contributed by atoms with van der Waals surface area (Å²) in [5.41, 5.74) is 0. The van der Waals surface area contributed by atoms with Crippen LogP contribution in [0.4, 0.5) is 0 Å². The van der Waals surface area contributed by atoms with Gasteiger partial charge in [-0.05, 0) is 0 Å². The lowest BCUT2D eigenvalue weighted by Gasteiger charge is -1.55. The van der Waals surface area contributed by atoms with Crippen molar-refractivity contribution in [3.05, 3.63) is 0 Å². The lowest BCUT2D eigenvalue weighted by atomic mass is 15.8. The fourth-order valence-corrected chi connectivity index (χ4v) is 0. The summed E-state index contributed by atoms with van der Waals surface area (Å²) < 4.78 is 8.74. The highest BCUT2D eigenvalue weighted by molar-refractivity contribution is 6.22. The Labute approximate surface area is 25.9 Å². The minimum Gasteiger partial charge on any atom is -0.511 e. The van der Waals surface area contributed by atoms with E-state index in [1.54, 1.807) is 0 Å². The van der Waals surface area contributed by atoms with Gasteiger partial charge in [-0.25, -0.2) is 0 Å². The number of rotatable bonds is 0. The Morgan fingerprint density at radius 2 is 1.75 bits per heavy atom. The van der Waals surface area contributed by atoms with Crippen molar-refractivity contribution in [3.8, 4) is 0 Å². The zero-order chi connectivity index (χ0) is 3.58. The first-order valence-electron chi connectivity index (χ1n) is 0.651. The van der Waals surface area contributed by atoms with Gasteiger partial charge in [0.1, 0.15) is 0 Å². The molecule has 3 nitrogen and oxygen atoms in total. The zero-order valence-electron chi connectivity index (χ0n) is 2.80. The summed E-state index contributed by atoms with van der Waals surface area (Å²) in [5.74, 6) is 0. The van der Waals surface area contributed by atoms with Crippen LogP contribution in [0.1, 0.15) is 1.43 Å². The second-order valence-corrected chi connectivity index (χ2v) is 0.848. The van der Waals surface area contributed by atoms with E-state index in [9.17, 15) is 0 Å². The van der Waals surface area contributed by atoms with Gasteiger partial charge in [0.25, 0.3) is 0 Å². The topological polar surface area (TPSA) is 57.5 Å². The standard InChI is InChI=1S/H2O3Si/c1-4(2)3/h1-2H/p+1. The lowest BCUT2D eigenvalue weighted by Crippen LogP contribution is -1.90. The van der Waals surface area contributed by atoms with Crippen molar-refractivity contribution >= 4 is 9.17 Å². The highest BCUT2D eigenvalue weighted by atomic mass is 28.3. The Morgan fingerprint density at radius 3 is 1.75 bits per heavy atom. The fourth-order valence-electron chi connectivity index (χ4n) is 0. The average molecular weight is 79.1 g/mol. The summed E-state index contributed by atoms with van der Waals surface area (Å²) in [6, 6.07) is 0. The summed E-state index contributed by atoms with van der Waals surface area (Å²) in [5, 5.41) is 0. The van der Waals surface area contributed by atoms with Crippen LogP contribution in [0, 0.1) is 0 Å². The first kappa shape index (κ1) is 3.62. The molecule has 4 heteroatoms. The Bertz CT molecular complexity index is 29.9. The molecule has 0 unspecified atom stereocenters. The molecule has 2 N–H and O–H groups in total. The highest BCUT2D eigenvalue weighted by Crippen LogP contribution is 1.27. The normalized spacial score (nSPS) is 6.00. The maximum Gasteiger partial charge on any atom is 1.00 e. The molecule has 0 aliphatic heterocycles. The molecule has 0 aromatic rings. The second kappa shape index (κ2) is 0.999. The van der Waals surface area contributed by atoms with Gasteiger partial charge in [0, 0.05) is 0 Å². The number of hydrogen-bond donors (Lipinski definition) is 2. The Balaban J connectivity index is 0. The third-order valence-corrected chi connectivity index (χ3v) is 0. The molecule has 0 atom stereocenters. The molecule has 0 amide bonds. The van der Waals surface area contributed by atoms with Crippen LogP contribution < -0.4 is 0 Å². The molecular weight excluding hydrogens is 76.1 g/mol. The van der Waals surface area contributed by atoms with Crippen LogP contribution in [-0.4, -0.2) is 18.8 Å². The van der Waals surface area contributed by atoms with Gasteiger partial charge in [-0.15, -0.1) is 0 Å². The van der Waals surface area contributed by atoms with E-state index in [-0.39, 0.29) is 1.43 Å². The van der Waals surface area contributed by atoms with Crippen molar-refractivity contribution in [2.45, 2.75) is 0 Å². The molecule has 0 aromatic heterocycles. The van der Waals surface area contributed by atoms with Crippen LogP contribution in [0.25, 0.3) is 0 Å². The molecule has 0 aromatic carbocycles. The van der Waals surface area contributed by atoms with Crippen LogP contribution in [0.15, 0.2) is 0 Å². The van der Waals surface area contributed by atoms with Crippen molar-refractivity contribution in [1.82, 2.24) is 0 Å². The van der Waals surface area contributed by atoms with E-state index in [0.29, 0.717) is 0 Å². The Hall–Kier alpha value is -0.383. The summed E-state index contributed by atoms with van der Waals surface area (Å²) in [4.78, 5) is 14.3. The SMILES string of the molecule is O=[Si](O)O.[H+]. The van der Waals surface area contributed by atoms with E-state index < -0.39 is 9.17 Å². The molecule has 0 fully saturated rings. The Morgan fingerprint density at radius 1 is 1.75 bits per heavy atom. The van der Waals surface area contributed by atoms with Crippen LogP contribution in [-0.2, 0) is 4.46 Å². The van der Waals surface area contributed by atoms with Gasteiger partial charge in [0.15, 0.2) is 0 Å². The monoisotopic (exact) mass is 79.0 g/mol. The summed E-state index contributed by atoms with van der Waals surface area (Å²) in [6.07, 6.45) is 0. The van der Waals surface area contributed by atoms with Crippen LogP contribution in [0.3, 0.4) is 0 Å². The summed E-state index contributed by atoms with van der Waals surface area (Å²) in [6.45, 7) is 0. The molecule has 0 spiro atoms. The van der Waals surface area contributed by atoms with Gasteiger partial charge in [0.05, 0.1) is 0 Å². The molecule has 0 bridgehead atoms. The quantitative estimate of drug-likeness (QED) is 0.347. The third kappa shape index (κ3) is 4.19. The van der Waals surface area contributed by atoms with E-state index in [2.05, 4.69) is 0 Å². The van der Waals surface area contributed by atoms with Gasteiger partial charge in [0.2, 0.25) is 0 Å². The van der Waals surface area contributed by atoms with Crippen LogP contribution in [0.5, 0.6) is 0 Å².